The predicted octanol–water partition coefficient (Wildman–Crippen LogP) is 5.63. The fraction of sp³-hybridized carbons (Fsp3) is 0.300. The van der Waals surface area contributed by atoms with Crippen LogP contribution in [0.25, 0.3) is 0 Å². The molecule has 0 radical (unpaired) electrons. The molecule has 0 fully saturated rings. The Morgan fingerprint density at radius 1 is 1.03 bits per heavy atom. The molecule has 0 saturated carbocycles. The number of hydrogen-bond acceptors (Lipinski definition) is 5. The molecule has 2 aromatic rings. The van der Waals surface area contributed by atoms with Crippen molar-refractivity contribution in [2.24, 2.45) is 0 Å². The smallest absolute Gasteiger partial charge is 0.338 e. The molecule has 1 N–H and O–H groups in total. The van der Waals surface area contributed by atoms with Crippen LogP contribution < -0.4 is 14.8 Å². The number of carbonyl (C=O) groups excluding carboxylic acids is 2. The molecule has 6 nitrogen and oxygen atoms in total. The van der Waals surface area contributed by atoms with Crippen LogP contribution in [0.5, 0.6) is 11.5 Å². The number of esters is 1. The molecule has 0 atom stereocenters. The first-order chi connectivity index (χ1) is 13.8. The second-order valence-electron chi connectivity index (χ2n) is 5.94. The highest BCUT2D eigenvalue weighted by Gasteiger charge is 2.16. The van der Waals surface area contributed by atoms with E-state index in [0.717, 1.165) is 12.8 Å². The maximum absolute atomic E-state index is 12.3. The number of anilines is 1. The van der Waals surface area contributed by atoms with Gasteiger partial charge in [0, 0.05) is 5.02 Å². The number of nitrogens with one attached hydrogen (secondary N) is 1. The van der Waals surface area contributed by atoms with Crippen molar-refractivity contribution >= 4 is 52.4 Å². The van der Waals surface area contributed by atoms with Gasteiger partial charge in [-0.3, -0.25) is 4.79 Å². The number of hydrogen-bond donors (Lipinski definition) is 1. The number of carbonyl (C=O) groups is 2. The van der Waals surface area contributed by atoms with Crippen LogP contribution in [-0.4, -0.2) is 32.2 Å². The third-order valence-corrected chi connectivity index (χ3v) is 4.57. The SMILES string of the molecule is CCCCOc1ccc(C(=O)OCC(=O)Nc2c(Cl)cc(Cl)cc2Cl)cc1OC. The molecule has 9 heteroatoms. The summed E-state index contributed by atoms with van der Waals surface area (Å²) in [5, 5.41) is 3.17. The van der Waals surface area contributed by atoms with E-state index in [1.54, 1.807) is 6.07 Å². The Bertz CT molecular complexity index is 865. The third-order valence-electron chi connectivity index (χ3n) is 3.76. The van der Waals surface area contributed by atoms with Crippen molar-refractivity contribution < 1.29 is 23.8 Å². The van der Waals surface area contributed by atoms with Crippen LogP contribution in [0.4, 0.5) is 5.69 Å². The monoisotopic (exact) mass is 459 g/mol. The maximum atomic E-state index is 12.3. The zero-order valence-electron chi connectivity index (χ0n) is 15.9. The molecule has 29 heavy (non-hydrogen) atoms. The van der Waals surface area contributed by atoms with Gasteiger partial charge in [0.05, 0.1) is 35.0 Å². The average Bonchev–Trinajstić information content (AvgIpc) is 2.69. The molecule has 0 saturated heterocycles. The van der Waals surface area contributed by atoms with E-state index in [0.29, 0.717) is 23.1 Å². The van der Waals surface area contributed by atoms with Crippen molar-refractivity contribution in [1.29, 1.82) is 0 Å². The minimum atomic E-state index is -0.688. The van der Waals surface area contributed by atoms with E-state index in [9.17, 15) is 9.59 Å². The van der Waals surface area contributed by atoms with Crippen molar-refractivity contribution in [2.75, 3.05) is 25.6 Å². The Kier molecular flexibility index (Phi) is 8.89. The second kappa shape index (κ2) is 11.1. The maximum Gasteiger partial charge on any atom is 0.338 e. The zero-order chi connectivity index (χ0) is 21.4. The molecular formula is C20H20Cl3NO5. The Hall–Kier alpha value is -2.15. The minimum Gasteiger partial charge on any atom is -0.493 e. The highest BCUT2D eigenvalue weighted by atomic mass is 35.5. The molecular weight excluding hydrogens is 441 g/mol. The summed E-state index contributed by atoms with van der Waals surface area (Å²) >= 11 is 17.9. The molecule has 0 aliphatic carbocycles. The van der Waals surface area contributed by atoms with E-state index >= 15 is 0 Å². The van der Waals surface area contributed by atoms with Gasteiger partial charge in [-0.1, -0.05) is 48.1 Å². The lowest BCUT2D eigenvalue weighted by molar-refractivity contribution is -0.119. The lowest BCUT2D eigenvalue weighted by Crippen LogP contribution is -2.21. The Morgan fingerprint density at radius 2 is 1.72 bits per heavy atom. The number of rotatable bonds is 9. The summed E-state index contributed by atoms with van der Waals surface area (Å²) in [6.07, 6.45) is 1.91. The van der Waals surface area contributed by atoms with E-state index in [2.05, 4.69) is 12.2 Å². The molecule has 0 aliphatic heterocycles. The summed E-state index contributed by atoms with van der Waals surface area (Å²) in [5.74, 6) is -0.357. The highest BCUT2D eigenvalue weighted by molar-refractivity contribution is 6.42. The lowest BCUT2D eigenvalue weighted by atomic mass is 10.2. The largest absolute Gasteiger partial charge is 0.493 e. The number of unbranched alkanes of at least 4 members (excludes halogenated alkanes) is 1. The fourth-order valence-electron chi connectivity index (χ4n) is 2.29. The van der Waals surface area contributed by atoms with E-state index in [-0.39, 0.29) is 21.3 Å². The van der Waals surface area contributed by atoms with Crippen LogP contribution in [0.15, 0.2) is 30.3 Å². The second-order valence-corrected chi connectivity index (χ2v) is 7.19. The average molecular weight is 461 g/mol. The standard InChI is InChI=1S/C20H20Cl3NO5/c1-3-4-7-28-16-6-5-12(8-17(16)27-2)20(26)29-11-18(25)24-19-14(22)9-13(21)10-15(19)23/h5-6,8-10H,3-4,7,11H2,1-2H3,(H,24,25). The molecule has 0 spiro atoms. The first-order valence-electron chi connectivity index (χ1n) is 8.78. The van der Waals surface area contributed by atoms with Crippen molar-refractivity contribution in [3.8, 4) is 11.5 Å². The van der Waals surface area contributed by atoms with Crippen molar-refractivity contribution in [2.45, 2.75) is 19.8 Å². The Morgan fingerprint density at radius 3 is 2.34 bits per heavy atom. The van der Waals surface area contributed by atoms with Crippen LogP contribution >= 0.6 is 34.8 Å². The van der Waals surface area contributed by atoms with Crippen LogP contribution in [0.1, 0.15) is 30.1 Å². The molecule has 0 heterocycles. The van der Waals surface area contributed by atoms with Crippen LogP contribution in [0, 0.1) is 0 Å². The number of halogens is 3. The van der Waals surface area contributed by atoms with E-state index < -0.39 is 18.5 Å². The van der Waals surface area contributed by atoms with Gasteiger partial charge in [0.1, 0.15) is 0 Å². The summed E-state index contributed by atoms with van der Waals surface area (Å²) in [6, 6.07) is 7.53. The normalized spacial score (nSPS) is 10.4. The number of methoxy groups -OCH3 is 1. The van der Waals surface area contributed by atoms with Crippen molar-refractivity contribution in [3.05, 3.63) is 51.0 Å². The van der Waals surface area contributed by atoms with Gasteiger partial charge in [0.15, 0.2) is 18.1 Å². The van der Waals surface area contributed by atoms with E-state index in [1.807, 2.05) is 0 Å². The number of ether oxygens (including phenoxy) is 3. The van der Waals surface area contributed by atoms with Gasteiger partial charge in [-0.25, -0.2) is 4.79 Å². The van der Waals surface area contributed by atoms with Crippen LogP contribution in [0.2, 0.25) is 15.1 Å². The lowest BCUT2D eigenvalue weighted by Gasteiger charge is -2.12. The summed E-state index contributed by atoms with van der Waals surface area (Å²) in [7, 11) is 1.48. The minimum absolute atomic E-state index is 0.172. The predicted molar refractivity (Wildman–Crippen MR) is 114 cm³/mol. The Balaban J connectivity index is 1.97. The van der Waals surface area contributed by atoms with Gasteiger partial charge in [0.2, 0.25) is 0 Å². The molecule has 2 aromatic carbocycles. The topological polar surface area (TPSA) is 73.9 Å². The van der Waals surface area contributed by atoms with Gasteiger partial charge in [-0.2, -0.15) is 0 Å². The summed E-state index contributed by atoms with van der Waals surface area (Å²) < 4.78 is 15.9. The van der Waals surface area contributed by atoms with E-state index in [4.69, 9.17) is 49.0 Å². The third kappa shape index (κ3) is 6.70. The quantitative estimate of drug-likeness (QED) is 0.388. The molecule has 1 amide bonds. The van der Waals surface area contributed by atoms with Crippen molar-refractivity contribution in [3.63, 3.8) is 0 Å². The van der Waals surface area contributed by atoms with Crippen LogP contribution in [0.3, 0.4) is 0 Å². The van der Waals surface area contributed by atoms with Gasteiger partial charge in [-0.15, -0.1) is 0 Å². The molecule has 0 unspecified atom stereocenters. The summed E-state index contributed by atoms with van der Waals surface area (Å²) in [4.78, 5) is 24.3. The Labute approximate surface area is 184 Å². The summed E-state index contributed by atoms with van der Waals surface area (Å²) in [6.45, 7) is 2.09. The molecule has 2 rings (SSSR count). The van der Waals surface area contributed by atoms with Crippen molar-refractivity contribution in [1.82, 2.24) is 0 Å². The van der Waals surface area contributed by atoms with Gasteiger partial charge >= 0.3 is 5.97 Å². The number of amides is 1. The molecule has 0 bridgehead atoms. The number of benzene rings is 2. The van der Waals surface area contributed by atoms with Crippen LogP contribution in [-0.2, 0) is 9.53 Å². The van der Waals surface area contributed by atoms with Gasteiger partial charge in [0.25, 0.3) is 5.91 Å². The summed E-state index contributed by atoms with van der Waals surface area (Å²) in [5.41, 5.74) is 0.411. The highest BCUT2D eigenvalue weighted by Crippen LogP contribution is 2.33. The first kappa shape index (κ1) is 23.1. The zero-order valence-corrected chi connectivity index (χ0v) is 18.2. The molecule has 0 aliphatic rings. The first-order valence-corrected chi connectivity index (χ1v) is 9.91. The van der Waals surface area contributed by atoms with Gasteiger partial charge in [-0.05, 0) is 36.8 Å². The van der Waals surface area contributed by atoms with Gasteiger partial charge < -0.3 is 19.5 Å². The molecule has 0 aromatic heterocycles. The van der Waals surface area contributed by atoms with E-state index in [1.165, 1.54) is 31.4 Å². The fourth-order valence-corrected chi connectivity index (χ4v) is 3.20. The molecule has 156 valence electrons.